The van der Waals surface area contributed by atoms with E-state index in [1.54, 1.807) is 19.1 Å². The fourth-order valence-electron chi connectivity index (χ4n) is 2.32. The molecule has 0 bridgehead atoms. The zero-order valence-corrected chi connectivity index (χ0v) is 11.4. The number of rotatable bonds is 4. The lowest BCUT2D eigenvalue weighted by Crippen LogP contribution is -2.16. The zero-order valence-electron chi connectivity index (χ0n) is 11.4. The van der Waals surface area contributed by atoms with Gasteiger partial charge < -0.3 is 5.32 Å². The summed E-state index contributed by atoms with van der Waals surface area (Å²) in [7, 11) is 0. The minimum Gasteiger partial charge on any atom is -0.310 e. The smallest absolute Gasteiger partial charge is 0.128 e. The molecule has 1 nitrogen and oxygen atoms in total. The molecule has 2 aromatic rings. The molecule has 3 rings (SSSR count). The Hall–Kier alpha value is -1.74. The third-order valence-corrected chi connectivity index (χ3v) is 3.79. The van der Waals surface area contributed by atoms with Crippen LogP contribution in [0.25, 0.3) is 11.1 Å². The maximum Gasteiger partial charge on any atom is 0.128 e. The molecule has 1 fully saturated rings. The molecule has 0 spiro atoms. The molecule has 1 saturated carbocycles. The number of hydrogen-bond donors (Lipinski definition) is 1. The van der Waals surface area contributed by atoms with Crippen molar-refractivity contribution < 1.29 is 8.78 Å². The summed E-state index contributed by atoms with van der Waals surface area (Å²) in [6, 6.07) is 10.6. The van der Waals surface area contributed by atoms with Crippen LogP contribution in [0.3, 0.4) is 0 Å². The first kappa shape index (κ1) is 13.3. The summed E-state index contributed by atoms with van der Waals surface area (Å²) in [4.78, 5) is 0. The Morgan fingerprint density at radius 2 is 1.90 bits per heavy atom. The van der Waals surface area contributed by atoms with Gasteiger partial charge in [-0.25, -0.2) is 8.78 Å². The van der Waals surface area contributed by atoms with Gasteiger partial charge in [0.2, 0.25) is 0 Å². The molecule has 1 aliphatic rings. The van der Waals surface area contributed by atoms with E-state index in [9.17, 15) is 8.78 Å². The van der Waals surface area contributed by atoms with Crippen LogP contribution in [-0.4, -0.2) is 6.04 Å². The molecule has 0 saturated heterocycles. The molecule has 0 aliphatic heterocycles. The van der Waals surface area contributed by atoms with Gasteiger partial charge >= 0.3 is 0 Å². The lowest BCUT2D eigenvalue weighted by Gasteiger charge is -2.10. The van der Waals surface area contributed by atoms with E-state index in [1.807, 2.05) is 12.1 Å². The van der Waals surface area contributed by atoms with Gasteiger partial charge in [-0.15, -0.1) is 0 Å². The van der Waals surface area contributed by atoms with Crippen LogP contribution in [-0.2, 0) is 6.54 Å². The summed E-state index contributed by atoms with van der Waals surface area (Å²) in [6.45, 7) is 2.27. The van der Waals surface area contributed by atoms with E-state index in [4.69, 9.17) is 0 Å². The average Bonchev–Trinajstić information content (AvgIpc) is 3.25. The van der Waals surface area contributed by atoms with E-state index in [2.05, 4.69) is 5.32 Å². The van der Waals surface area contributed by atoms with Crippen LogP contribution in [0.1, 0.15) is 24.0 Å². The van der Waals surface area contributed by atoms with Crippen molar-refractivity contribution in [2.45, 2.75) is 32.4 Å². The minimum atomic E-state index is -0.262. The van der Waals surface area contributed by atoms with Gasteiger partial charge in [-0.2, -0.15) is 0 Å². The number of benzene rings is 2. The standard InChI is InChI=1S/C17H17F2N/c1-11-15(3-2-4-16(11)18)12-5-6-13(17(19)9-12)10-20-14-7-8-14/h2-6,9,14,20H,7-8,10H2,1H3. The van der Waals surface area contributed by atoms with Crippen LogP contribution in [0, 0.1) is 18.6 Å². The normalized spacial score (nSPS) is 14.6. The maximum absolute atomic E-state index is 14.1. The van der Waals surface area contributed by atoms with Crippen molar-refractivity contribution in [3.63, 3.8) is 0 Å². The molecule has 0 radical (unpaired) electrons. The van der Waals surface area contributed by atoms with Crippen LogP contribution >= 0.6 is 0 Å². The van der Waals surface area contributed by atoms with E-state index in [0.717, 1.165) is 11.1 Å². The summed E-state index contributed by atoms with van der Waals surface area (Å²) < 4.78 is 27.7. The summed E-state index contributed by atoms with van der Waals surface area (Å²) in [5, 5.41) is 3.29. The highest BCUT2D eigenvalue weighted by atomic mass is 19.1. The summed E-state index contributed by atoms with van der Waals surface area (Å²) >= 11 is 0. The summed E-state index contributed by atoms with van der Waals surface area (Å²) in [6.07, 6.45) is 2.37. The van der Waals surface area contributed by atoms with Crippen molar-refractivity contribution >= 4 is 0 Å². The number of nitrogens with one attached hydrogen (secondary N) is 1. The van der Waals surface area contributed by atoms with E-state index in [-0.39, 0.29) is 11.6 Å². The fraction of sp³-hybridized carbons (Fsp3) is 0.294. The Balaban J connectivity index is 1.87. The average molecular weight is 273 g/mol. The molecule has 0 atom stereocenters. The topological polar surface area (TPSA) is 12.0 Å². The van der Waals surface area contributed by atoms with Crippen LogP contribution in [0.5, 0.6) is 0 Å². The number of hydrogen-bond acceptors (Lipinski definition) is 1. The monoisotopic (exact) mass is 273 g/mol. The lowest BCUT2D eigenvalue weighted by molar-refractivity contribution is 0.587. The SMILES string of the molecule is Cc1c(F)cccc1-c1ccc(CNC2CC2)c(F)c1. The molecule has 0 aromatic heterocycles. The second-order valence-corrected chi connectivity index (χ2v) is 5.37. The van der Waals surface area contributed by atoms with Gasteiger partial charge in [0.05, 0.1) is 0 Å². The summed E-state index contributed by atoms with van der Waals surface area (Å²) in [5.41, 5.74) is 2.67. The van der Waals surface area contributed by atoms with Gasteiger partial charge in [0.15, 0.2) is 0 Å². The van der Waals surface area contributed by atoms with Crippen molar-refractivity contribution in [1.82, 2.24) is 5.32 Å². The largest absolute Gasteiger partial charge is 0.310 e. The van der Waals surface area contributed by atoms with Gasteiger partial charge in [-0.1, -0.05) is 24.3 Å². The van der Waals surface area contributed by atoms with E-state index in [1.165, 1.54) is 25.0 Å². The highest BCUT2D eigenvalue weighted by Gasteiger charge is 2.20. The predicted octanol–water partition coefficient (Wildman–Crippen LogP) is 4.19. The molecule has 0 amide bonds. The fourth-order valence-corrected chi connectivity index (χ4v) is 2.32. The van der Waals surface area contributed by atoms with Gasteiger partial charge in [-0.05, 0) is 48.6 Å². The zero-order chi connectivity index (χ0) is 14.1. The molecule has 3 heteroatoms. The Morgan fingerprint density at radius 1 is 1.10 bits per heavy atom. The van der Waals surface area contributed by atoms with E-state index in [0.29, 0.717) is 23.7 Å². The molecule has 2 aromatic carbocycles. The molecule has 104 valence electrons. The van der Waals surface area contributed by atoms with Crippen molar-refractivity contribution in [2.75, 3.05) is 0 Å². The minimum absolute atomic E-state index is 0.237. The van der Waals surface area contributed by atoms with E-state index < -0.39 is 0 Å². The Labute approximate surface area is 117 Å². The quantitative estimate of drug-likeness (QED) is 0.880. The highest BCUT2D eigenvalue weighted by Crippen LogP contribution is 2.27. The first-order valence-electron chi connectivity index (χ1n) is 6.92. The van der Waals surface area contributed by atoms with Crippen LogP contribution < -0.4 is 5.32 Å². The maximum atomic E-state index is 14.1. The number of halogens is 2. The Kier molecular flexibility index (Phi) is 3.53. The van der Waals surface area contributed by atoms with Crippen LogP contribution in [0.4, 0.5) is 8.78 Å². The third-order valence-electron chi connectivity index (χ3n) is 3.79. The molecule has 20 heavy (non-hydrogen) atoms. The molecule has 1 N–H and O–H groups in total. The predicted molar refractivity (Wildman–Crippen MR) is 76.4 cm³/mol. The Bertz CT molecular complexity index is 633. The van der Waals surface area contributed by atoms with Crippen LogP contribution in [0.2, 0.25) is 0 Å². The lowest BCUT2D eigenvalue weighted by atomic mass is 9.99. The van der Waals surface area contributed by atoms with Crippen molar-refractivity contribution in [1.29, 1.82) is 0 Å². The van der Waals surface area contributed by atoms with Crippen molar-refractivity contribution in [2.24, 2.45) is 0 Å². The third kappa shape index (κ3) is 2.73. The van der Waals surface area contributed by atoms with Gasteiger partial charge in [-0.3, -0.25) is 0 Å². The van der Waals surface area contributed by atoms with Crippen molar-refractivity contribution in [3.05, 3.63) is 59.2 Å². The molecule has 0 heterocycles. The molecular weight excluding hydrogens is 256 g/mol. The molecular formula is C17H17F2N. The van der Waals surface area contributed by atoms with Gasteiger partial charge in [0.1, 0.15) is 11.6 Å². The Morgan fingerprint density at radius 3 is 2.60 bits per heavy atom. The first-order valence-corrected chi connectivity index (χ1v) is 6.92. The second kappa shape index (κ2) is 5.33. The first-order chi connectivity index (χ1) is 9.65. The summed E-state index contributed by atoms with van der Waals surface area (Å²) in [5.74, 6) is -0.498. The van der Waals surface area contributed by atoms with Crippen molar-refractivity contribution in [3.8, 4) is 11.1 Å². The van der Waals surface area contributed by atoms with E-state index >= 15 is 0 Å². The second-order valence-electron chi connectivity index (χ2n) is 5.37. The van der Waals surface area contributed by atoms with Gasteiger partial charge in [0.25, 0.3) is 0 Å². The molecule has 0 unspecified atom stereocenters. The van der Waals surface area contributed by atoms with Gasteiger partial charge in [0, 0.05) is 18.2 Å². The highest BCUT2D eigenvalue weighted by molar-refractivity contribution is 5.67. The molecule has 1 aliphatic carbocycles. The van der Waals surface area contributed by atoms with Crippen LogP contribution in [0.15, 0.2) is 36.4 Å².